The first-order valence-electron chi connectivity index (χ1n) is 5.89. The molecule has 4 N–H and O–H groups in total. The molecule has 0 spiro atoms. The van der Waals surface area contributed by atoms with Gasteiger partial charge < -0.3 is 15.9 Å². The van der Waals surface area contributed by atoms with Crippen LogP contribution in [0, 0.1) is 0 Å². The fourth-order valence-electron chi connectivity index (χ4n) is 1.79. The van der Waals surface area contributed by atoms with Crippen LogP contribution in [0.25, 0.3) is 0 Å². The number of nitrogens with two attached hydrogens (primary N) is 1. The Kier molecular flexibility index (Phi) is 3.72. The maximum absolute atomic E-state index is 11.0. The molecule has 4 nitrogen and oxygen atoms in total. The molecule has 0 saturated carbocycles. The highest BCUT2D eigenvalue weighted by molar-refractivity contribution is 5.78. The fraction of sp³-hybridized carbons (Fsp3) is 0.500. The average molecular weight is 251 g/mol. The number of aliphatic carboxylic acids is 1. The smallest absolute Gasteiger partial charge is 0.323 e. The number of rotatable bonds is 3. The molecule has 1 aromatic rings. The quantitative estimate of drug-likeness (QED) is 0.767. The second-order valence-electron chi connectivity index (χ2n) is 6.00. The highest BCUT2D eigenvalue weighted by Crippen LogP contribution is 2.31. The molecule has 0 aliphatic carbocycles. The molecule has 1 aromatic carbocycles. The summed E-state index contributed by atoms with van der Waals surface area (Å²) in [6, 6.07) is 5.12. The number of phenols is 1. The Morgan fingerprint density at radius 1 is 1.28 bits per heavy atom. The molecule has 0 fully saturated rings. The second kappa shape index (κ2) is 4.61. The van der Waals surface area contributed by atoms with E-state index in [0.29, 0.717) is 0 Å². The Bertz CT molecular complexity index is 459. The van der Waals surface area contributed by atoms with E-state index in [-0.39, 0.29) is 17.6 Å². The Hall–Kier alpha value is -1.55. The van der Waals surface area contributed by atoms with Gasteiger partial charge in [0, 0.05) is 6.42 Å². The van der Waals surface area contributed by atoms with E-state index in [1.54, 1.807) is 12.1 Å². The minimum Gasteiger partial charge on any atom is -0.508 e. The van der Waals surface area contributed by atoms with Crippen LogP contribution in [-0.4, -0.2) is 21.7 Å². The summed E-state index contributed by atoms with van der Waals surface area (Å²) in [6.45, 7) is 7.46. The first-order valence-corrected chi connectivity index (χ1v) is 5.89. The molecule has 0 aromatic heterocycles. The van der Waals surface area contributed by atoms with Crippen molar-refractivity contribution in [2.45, 2.75) is 45.1 Å². The van der Waals surface area contributed by atoms with E-state index >= 15 is 0 Å². The predicted octanol–water partition coefficient (Wildman–Crippen LogP) is 2.03. The molecule has 0 amide bonds. The summed E-state index contributed by atoms with van der Waals surface area (Å²) in [5.74, 6) is -0.812. The summed E-state index contributed by atoms with van der Waals surface area (Å²) in [4.78, 5) is 11.0. The standard InChI is InChI=1S/C14H21NO3/c1-13(2,3)10-7-9(5-6-11(10)16)8-14(4,15)12(17)18/h5-7,16H,8,15H2,1-4H3,(H,17,18). The number of carboxylic acids is 1. The van der Waals surface area contributed by atoms with Gasteiger partial charge in [-0.1, -0.05) is 32.9 Å². The maximum Gasteiger partial charge on any atom is 0.323 e. The lowest BCUT2D eigenvalue weighted by atomic mass is 9.83. The lowest BCUT2D eigenvalue weighted by Gasteiger charge is -2.23. The number of benzene rings is 1. The monoisotopic (exact) mass is 251 g/mol. The molecule has 1 rings (SSSR count). The lowest BCUT2D eigenvalue weighted by molar-refractivity contribution is -0.142. The molecule has 0 aliphatic rings. The fourth-order valence-corrected chi connectivity index (χ4v) is 1.79. The van der Waals surface area contributed by atoms with Gasteiger partial charge in [0.2, 0.25) is 0 Å². The van der Waals surface area contributed by atoms with Crippen LogP contribution in [0.2, 0.25) is 0 Å². The minimum absolute atomic E-state index is 0.200. The van der Waals surface area contributed by atoms with Gasteiger partial charge in [-0.2, -0.15) is 0 Å². The highest BCUT2D eigenvalue weighted by Gasteiger charge is 2.29. The van der Waals surface area contributed by atoms with Crippen LogP contribution >= 0.6 is 0 Å². The summed E-state index contributed by atoms with van der Waals surface area (Å²) in [5, 5.41) is 18.8. The Morgan fingerprint density at radius 3 is 2.28 bits per heavy atom. The van der Waals surface area contributed by atoms with E-state index in [9.17, 15) is 9.90 Å². The van der Waals surface area contributed by atoms with Gasteiger partial charge in [0.05, 0.1) is 0 Å². The van der Waals surface area contributed by atoms with Crippen molar-refractivity contribution in [2.75, 3.05) is 0 Å². The van der Waals surface area contributed by atoms with E-state index in [0.717, 1.165) is 11.1 Å². The minimum atomic E-state index is -1.30. The lowest BCUT2D eigenvalue weighted by Crippen LogP contribution is -2.46. The van der Waals surface area contributed by atoms with E-state index in [4.69, 9.17) is 10.8 Å². The highest BCUT2D eigenvalue weighted by atomic mass is 16.4. The zero-order valence-corrected chi connectivity index (χ0v) is 11.3. The van der Waals surface area contributed by atoms with Crippen LogP contribution in [0.15, 0.2) is 18.2 Å². The van der Waals surface area contributed by atoms with Crippen LogP contribution in [0.1, 0.15) is 38.8 Å². The van der Waals surface area contributed by atoms with Crippen LogP contribution < -0.4 is 5.73 Å². The number of hydrogen-bond donors (Lipinski definition) is 3. The van der Waals surface area contributed by atoms with Gasteiger partial charge in [-0.05, 0) is 29.5 Å². The van der Waals surface area contributed by atoms with Crippen LogP contribution in [0.3, 0.4) is 0 Å². The van der Waals surface area contributed by atoms with Crippen molar-refractivity contribution in [3.8, 4) is 5.75 Å². The van der Waals surface area contributed by atoms with Crippen molar-refractivity contribution in [1.82, 2.24) is 0 Å². The van der Waals surface area contributed by atoms with Gasteiger partial charge in [-0.15, -0.1) is 0 Å². The van der Waals surface area contributed by atoms with Crippen LogP contribution in [-0.2, 0) is 16.6 Å². The summed E-state index contributed by atoms with van der Waals surface area (Å²) in [7, 11) is 0. The molecule has 100 valence electrons. The van der Waals surface area contributed by atoms with Gasteiger partial charge in [-0.25, -0.2) is 0 Å². The summed E-state index contributed by atoms with van der Waals surface area (Å²) in [5.41, 5.74) is 5.83. The van der Waals surface area contributed by atoms with E-state index in [1.807, 2.05) is 26.8 Å². The third-order valence-electron chi connectivity index (χ3n) is 2.93. The van der Waals surface area contributed by atoms with Crippen molar-refractivity contribution >= 4 is 5.97 Å². The average Bonchev–Trinajstić information content (AvgIpc) is 2.18. The zero-order chi connectivity index (χ0) is 14.1. The molecule has 0 radical (unpaired) electrons. The molecular weight excluding hydrogens is 230 g/mol. The number of aromatic hydroxyl groups is 1. The van der Waals surface area contributed by atoms with Crippen molar-refractivity contribution in [2.24, 2.45) is 5.73 Å². The first-order chi connectivity index (χ1) is 8.04. The molecule has 0 heterocycles. The maximum atomic E-state index is 11.0. The molecule has 18 heavy (non-hydrogen) atoms. The van der Waals surface area contributed by atoms with Crippen molar-refractivity contribution in [3.05, 3.63) is 29.3 Å². The van der Waals surface area contributed by atoms with Gasteiger partial charge >= 0.3 is 5.97 Å². The largest absolute Gasteiger partial charge is 0.508 e. The van der Waals surface area contributed by atoms with Crippen LogP contribution in [0.5, 0.6) is 5.75 Å². The number of carbonyl (C=O) groups is 1. The molecular formula is C14H21NO3. The normalized spacial score (nSPS) is 15.2. The Labute approximate surface area is 107 Å². The zero-order valence-electron chi connectivity index (χ0n) is 11.3. The van der Waals surface area contributed by atoms with Crippen molar-refractivity contribution in [3.63, 3.8) is 0 Å². The number of carboxylic acid groups (broad SMARTS) is 1. The summed E-state index contributed by atoms with van der Waals surface area (Å²) < 4.78 is 0. The molecule has 1 unspecified atom stereocenters. The van der Waals surface area contributed by atoms with Crippen molar-refractivity contribution < 1.29 is 15.0 Å². The molecule has 1 atom stereocenters. The molecule has 4 heteroatoms. The van der Waals surface area contributed by atoms with Crippen molar-refractivity contribution in [1.29, 1.82) is 0 Å². The van der Waals surface area contributed by atoms with Crippen LogP contribution in [0.4, 0.5) is 0 Å². The number of hydrogen-bond acceptors (Lipinski definition) is 3. The van der Waals surface area contributed by atoms with Gasteiger partial charge in [0.25, 0.3) is 0 Å². The first kappa shape index (κ1) is 14.5. The SMILES string of the molecule is CC(N)(Cc1ccc(O)c(C(C)(C)C)c1)C(=O)O. The predicted molar refractivity (Wildman–Crippen MR) is 70.7 cm³/mol. The van der Waals surface area contributed by atoms with Gasteiger partial charge in [-0.3, -0.25) is 4.79 Å². The van der Waals surface area contributed by atoms with Gasteiger partial charge in [0.1, 0.15) is 11.3 Å². The molecule has 0 bridgehead atoms. The summed E-state index contributed by atoms with van der Waals surface area (Å²) >= 11 is 0. The summed E-state index contributed by atoms with van der Waals surface area (Å²) in [6.07, 6.45) is 0.228. The second-order valence-corrected chi connectivity index (χ2v) is 6.00. The van der Waals surface area contributed by atoms with E-state index in [2.05, 4.69) is 0 Å². The molecule has 0 saturated heterocycles. The third kappa shape index (κ3) is 3.23. The number of phenolic OH excluding ortho intramolecular Hbond substituents is 1. The third-order valence-corrected chi connectivity index (χ3v) is 2.93. The Balaban J connectivity index is 3.11. The van der Waals surface area contributed by atoms with E-state index in [1.165, 1.54) is 6.92 Å². The molecule has 0 aliphatic heterocycles. The Morgan fingerprint density at radius 2 is 1.83 bits per heavy atom. The van der Waals surface area contributed by atoms with Gasteiger partial charge in [0.15, 0.2) is 0 Å². The topological polar surface area (TPSA) is 83.5 Å². The van der Waals surface area contributed by atoms with E-state index < -0.39 is 11.5 Å².